The molecule has 3 N–H and O–H groups in total. The number of methoxy groups -OCH3 is 1. The van der Waals surface area contributed by atoms with Gasteiger partial charge in [-0.15, -0.1) is 0 Å². The van der Waals surface area contributed by atoms with Crippen molar-refractivity contribution >= 4 is 11.4 Å². The fraction of sp³-hybridized carbons (Fsp3) is 0.308. The van der Waals surface area contributed by atoms with Crippen LogP contribution in [0.1, 0.15) is 0 Å². The Hall–Kier alpha value is -1.88. The van der Waals surface area contributed by atoms with Crippen LogP contribution in [-0.2, 0) is 13.6 Å². The van der Waals surface area contributed by atoms with E-state index in [1.54, 1.807) is 7.11 Å². The van der Waals surface area contributed by atoms with Gasteiger partial charge in [0, 0.05) is 11.8 Å². The van der Waals surface area contributed by atoms with Crippen molar-refractivity contribution in [3.05, 3.63) is 36.9 Å². The van der Waals surface area contributed by atoms with E-state index in [1.807, 2.05) is 48.5 Å². The molecular weight excluding hydrogens is 264 g/mol. The molecule has 0 atom stereocenters. The van der Waals surface area contributed by atoms with Gasteiger partial charge in [0.1, 0.15) is 24.7 Å². The molecule has 0 radical (unpaired) electrons. The molecule has 0 saturated heterocycles. The normalized spacial score (nSPS) is 9.79. The maximum absolute atomic E-state index is 5.71. The summed E-state index contributed by atoms with van der Waals surface area (Å²) >= 11 is 0. The minimum absolute atomic E-state index is 0. The summed E-state index contributed by atoms with van der Waals surface area (Å²) in [6.45, 7) is 1.73. The number of halogens is 1. The number of nitrogen functional groups attached to an aromatic ring is 1. The molecule has 2 aromatic rings. The van der Waals surface area contributed by atoms with Gasteiger partial charge < -0.3 is 28.2 Å². The number of nitrogens with zero attached hydrogens (tertiary/aromatic N) is 2. The summed E-state index contributed by atoms with van der Waals surface area (Å²) in [4.78, 5) is 0. The van der Waals surface area contributed by atoms with Crippen LogP contribution in [0, 0.1) is 0 Å². The Balaban J connectivity index is 0.00000180. The van der Waals surface area contributed by atoms with Crippen LogP contribution in [0.15, 0.2) is 36.9 Å². The van der Waals surface area contributed by atoms with Crippen LogP contribution >= 0.6 is 0 Å². The van der Waals surface area contributed by atoms with Gasteiger partial charge in [0.15, 0.2) is 0 Å². The second-order valence-corrected chi connectivity index (χ2v) is 4.20. The topological polar surface area (TPSA) is 56.1 Å². The van der Waals surface area contributed by atoms with E-state index >= 15 is 0 Å². The molecule has 1 aromatic heterocycles. The Bertz CT molecular complexity index is 527. The van der Waals surface area contributed by atoms with Gasteiger partial charge in [-0.05, 0) is 12.1 Å². The van der Waals surface area contributed by atoms with Gasteiger partial charge in [-0.2, -0.15) is 0 Å². The third-order valence-electron chi connectivity index (χ3n) is 2.73. The van der Waals surface area contributed by atoms with Crippen molar-refractivity contribution in [1.82, 2.24) is 4.57 Å². The summed E-state index contributed by atoms with van der Waals surface area (Å²) < 4.78 is 9.42. The number of aromatic nitrogens is 2. The van der Waals surface area contributed by atoms with Crippen molar-refractivity contribution in [2.45, 2.75) is 6.54 Å². The smallest absolute Gasteiger partial charge is 0.243 e. The quantitative estimate of drug-likeness (QED) is 0.494. The fourth-order valence-corrected chi connectivity index (χ4v) is 1.81. The van der Waals surface area contributed by atoms with Crippen LogP contribution in [0.4, 0.5) is 11.4 Å². The second kappa shape index (κ2) is 6.89. The third kappa shape index (κ3) is 4.06. The highest BCUT2D eigenvalue weighted by atomic mass is 35.5. The number of rotatable bonds is 5. The third-order valence-corrected chi connectivity index (χ3v) is 2.73. The lowest BCUT2D eigenvalue weighted by molar-refractivity contribution is -0.693. The molecule has 0 unspecified atom stereocenters. The van der Waals surface area contributed by atoms with E-state index in [0.717, 1.165) is 24.5 Å². The van der Waals surface area contributed by atoms with Crippen LogP contribution < -0.4 is 32.8 Å². The minimum Gasteiger partial charge on any atom is -1.00 e. The van der Waals surface area contributed by atoms with E-state index in [-0.39, 0.29) is 12.4 Å². The molecule has 1 heterocycles. The van der Waals surface area contributed by atoms with Crippen LogP contribution in [-0.4, -0.2) is 18.2 Å². The van der Waals surface area contributed by atoms with Gasteiger partial charge in [-0.25, -0.2) is 9.13 Å². The number of hydrogen-bond acceptors (Lipinski definition) is 3. The molecule has 19 heavy (non-hydrogen) atoms. The molecule has 0 saturated carbocycles. The summed E-state index contributed by atoms with van der Waals surface area (Å²) in [5, 5.41) is 3.34. The summed E-state index contributed by atoms with van der Waals surface area (Å²) in [6.07, 6.45) is 6.10. The average Bonchev–Trinajstić information content (AvgIpc) is 2.77. The predicted octanol–water partition coefficient (Wildman–Crippen LogP) is -1.98. The molecule has 1 aromatic carbocycles. The van der Waals surface area contributed by atoms with E-state index in [0.29, 0.717) is 5.69 Å². The van der Waals surface area contributed by atoms with E-state index in [4.69, 9.17) is 10.5 Å². The number of anilines is 2. The van der Waals surface area contributed by atoms with Crippen LogP contribution in [0.25, 0.3) is 0 Å². The molecule has 6 heteroatoms. The first-order valence-electron chi connectivity index (χ1n) is 5.87. The first kappa shape index (κ1) is 15.2. The summed E-state index contributed by atoms with van der Waals surface area (Å²) in [5.41, 5.74) is 7.38. The number of imidazole rings is 1. The van der Waals surface area contributed by atoms with Gasteiger partial charge in [0.05, 0.1) is 26.4 Å². The van der Waals surface area contributed by atoms with Crippen molar-refractivity contribution in [3.8, 4) is 5.75 Å². The number of ether oxygens (including phenoxy) is 1. The van der Waals surface area contributed by atoms with Crippen LogP contribution in [0.3, 0.4) is 0 Å². The predicted molar refractivity (Wildman–Crippen MR) is 71.5 cm³/mol. The number of aryl methyl sites for hydroxylation is 1. The largest absolute Gasteiger partial charge is 1.00 e. The molecule has 0 spiro atoms. The Morgan fingerprint density at radius 2 is 2.21 bits per heavy atom. The van der Waals surface area contributed by atoms with E-state index in [9.17, 15) is 0 Å². The maximum Gasteiger partial charge on any atom is 0.243 e. The number of hydrogen-bond donors (Lipinski definition) is 2. The molecule has 0 aliphatic heterocycles. The van der Waals surface area contributed by atoms with Gasteiger partial charge in [0.2, 0.25) is 6.33 Å². The first-order valence-corrected chi connectivity index (χ1v) is 5.87. The Kier molecular flexibility index (Phi) is 5.51. The summed E-state index contributed by atoms with van der Waals surface area (Å²) in [6, 6.07) is 5.61. The molecule has 5 nitrogen and oxygen atoms in total. The lowest BCUT2D eigenvalue weighted by Gasteiger charge is -2.10. The van der Waals surface area contributed by atoms with Crippen molar-refractivity contribution in [3.63, 3.8) is 0 Å². The molecule has 2 rings (SSSR count). The van der Waals surface area contributed by atoms with Gasteiger partial charge in [-0.1, -0.05) is 0 Å². The van der Waals surface area contributed by atoms with Crippen molar-refractivity contribution in [1.29, 1.82) is 0 Å². The Morgan fingerprint density at radius 3 is 2.84 bits per heavy atom. The summed E-state index contributed by atoms with van der Waals surface area (Å²) in [7, 11) is 3.65. The summed E-state index contributed by atoms with van der Waals surface area (Å²) in [5.74, 6) is 0.771. The zero-order chi connectivity index (χ0) is 13.0. The molecule has 0 fully saturated rings. The Labute approximate surface area is 119 Å². The highest BCUT2D eigenvalue weighted by Crippen LogP contribution is 2.26. The van der Waals surface area contributed by atoms with Gasteiger partial charge in [0.25, 0.3) is 0 Å². The maximum atomic E-state index is 5.71. The molecule has 104 valence electrons. The minimum atomic E-state index is 0. The zero-order valence-electron chi connectivity index (χ0n) is 11.1. The molecule has 0 amide bonds. The molecule has 0 aliphatic carbocycles. The van der Waals surface area contributed by atoms with Crippen LogP contribution in [0.2, 0.25) is 0 Å². The molecular formula is C13H19ClN4O. The SMILES string of the molecule is COc1cc(N)ccc1NCC[n+]1ccn(C)c1.[Cl-]. The van der Waals surface area contributed by atoms with E-state index in [1.165, 1.54) is 0 Å². The number of nitrogens with two attached hydrogens (primary N) is 1. The Morgan fingerprint density at radius 1 is 1.42 bits per heavy atom. The molecule has 0 bridgehead atoms. The fourth-order valence-electron chi connectivity index (χ4n) is 1.81. The highest BCUT2D eigenvalue weighted by Gasteiger charge is 2.04. The van der Waals surface area contributed by atoms with E-state index in [2.05, 4.69) is 9.88 Å². The number of nitrogens with one attached hydrogen (secondary N) is 1. The number of benzene rings is 1. The van der Waals surface area contributed by atoms with Crippen molar-refractivity contribution < 1.29 is 21.7 Å². The first-order chi connectivity index (χ1) is 8.69. The second-order valence-electron chi connectivity index (χ2n) is 4.20. The van der Waals surface area contributed by atoms with Crippen molar-refractivity contribution in [2.75, 3.05) is 24.7 Å². The average molecular weight is 283 g/mol. The monoisotopic (exact) mass is 282 g/mol. The molecule has 0 aliphatic rings. The highest BCUT2D eigenvalue weighted by molar-refractivity contribution is 5.62. The van der Waals surface area contributed by atoms with Gasteiger partial charge in [-0.3, -0.25) is 0 Å². The van der Waals surface area contributed by atoms with Crippen molar-refractivity contribution in [2.24, 2.45) is 7.05 Å². The van der Waals surface area contributed by atoms with E-state index < -0.39 is 0 Å². The standard InChI is InChI=1S/C13H19N4O.ClH/c1-16-7-8-17(10-16)6-5-15-12-4-3-11(14)9-13(12)18-2;/h3-4,7-10,15H,5-6,14H2,1-2H3;1H/q+1;/p-1. The van der Waals surface area contributed by atoms with Crippen LogP contribution in [0.5, 0.6) is 5.75 Å². The zero-order valence-corrected chi connectivity index (χ0v) is 11.9. The van der Waals surface area contributed by atoms with Gasteiger partial charge >= 0.3 is 0 Å². The lowest BCUT2D eigenvalue weighted by atomic mass is 10.2. The lowest BCUT2D eigenvalue weighted by Crippen LogP contribution is -3.00.